The van der Waals surface area contributed by atoms with Gasteiger partial charge >= 0.3 is 6.03 Å². The van der Waals surface area contributed by atoms with Crippen molar-refractivity contribution in [3.05, 3.63) is 83.2 Å². The van der Waals surface area contributed by atoms with Crippen molar-refractivity contribution in [3.63, 3.8) is 0 Å². The number of rotatable bonds is 5. The monoisotopic (exact) mass is 485 g/mol. The summed E-state index contributed by atoms with van der Waals surface area (Å²) in [6, 6.07) is 14.8. The molecule has 1 atom stereocenters. The van der Waals surface area contributed by atoms with Crippen molar-refractivity contribution in [1.82, 2.24) is 25.3 Å². The van der Waals surface area contributed by atoms with Gasteiger partial charge in [0, 0.05) is 24.8 Å². The number of nitrogens with zero attached hydrogens (tertiary/aromatic N) is 3. The summed E-state index contributed by atoms with van der Waals surface area (Å²) >= 11 is 0. The molecule has 2 fully saturated rings. The fraction of sp³-hybridized carbons (Fsp3) is 0.357. The van der Waals surface area contributed by atoms with Crippen LogP contribution in [-0.2, 0) is 10.3 Å². The van der Waals surface area contributed by atoms with Gasteiger partial charge in [0.15, 0.2) is 0 Å². The second kappa shape index (κ2) is 9.26. The van der Waals surface area contributed by atoms with Gasteiger partial charge in [0.2, 0.25) is 0 Å². The molecule has 36 heavy (non-hydrogen) atoms. The van der Waals surface area contributed by atoms with E-state index in [0.29, 0.717) is 30.1 Å². The summed E-state index contributed by atoms with van der Waals surface area (Å²) in [5, 5.41) is 9.66. The van der Waals surface area contributed by atoms with Crippen molar-refractivity contribution in [3.8, 4) is 5.69 Å². The van der Waals surface area contributed by atoms with Crippen LogP contribution in [0.5, 0.6) is 0 Å². The minimum atomic E-state index is -1.12. The number of benzene rings is 2. The molecule has 0 radical (unpaired) electrons. The Morgan fingerprint density at radius 3 is 2.28 bits per heavy atom. The van der Waals surface area contributed by atoms with Gasteiger partial charge in [-0.3, -0.25) is 14.9 Å². The summed E-state index contributed by atoms with van der Waals surface area (Å²) in [7, 11) is 0. The van der Waals surface area contributed by atoms with E-state index in [0.717, 1.165) is 18.5 Å². The first-order chi connectivity index (χ1) is 17.3. The Bertz CT molecular complexity index is 1290. The maximum atomic E-state index is 13.2. The van der Waals surface area contributed by atoms with Crippen LogP contribution in [0.25, 0.3) is 5.69 Å². The average molecular weight is 486 g/mol. The number of imide groups is 1. The van der Waals surface area contributed by atoms with Crippen LogP contribution in [0.4, 0.5) is 4.79 Å². The van der Waals surface area contributed by atoms with Gasteiger partial charge in [0.1, 0.15) is 5.54 Å². The standard InChI is InChI=1S/C28H31N5O3/c1-18(2)28(26(35)30-27(36)31-28)23-8-6-21(7-9-23)25(34)32-14-12-20(13-15-32)22-16-29-33(17-22)24-10-4-19(3)5-11-24/h4-11,16-18,20H,12-15H2,1-3H3,(H2,30,31,35,36)/t28-/m1/s1. The highest BCUT2D eigenvalue weighted by molar-refractivity contribution is 6.07. The first-order valence-electron chi connectivity index (χ1n) is 12.4. The van der Waals surface area contributed by atoms with Crippen LogP contribution in [0, 0.1) is 12.8 Å². The zero-order valence-electron chi connectivity index (χ0n) is 20.8. The Labute approximate surface area is 210 Å². The summed E-state index contributed by atoms with van der Waals surface area (Å²) in [4.78, 5) is 39.5. The molecule has 3 aromatic rings. The number of aromatic nitrogens is 2. The lowest BCUT2D eigenvalue weighted by Crippen LogP contribution is -2.48. The number of hydrogen-bond donors (Lipinski definition) is 2. The summed E-state index contributed by atoms with van der Waals surface area (Å²) in [5.41, 5.74) is 3.57. The normalized spacial score (nSPS) is 20.5. The molecule has 0 unspecified atom stereocenters. The molecule has 8 heteroatoms. The van der Waals surface area contributed by atoms with Gasteiger partial charge in [-0.2, -0.15) is 5.10 Å². The van der Waals surface area contributed by atoms with E-state index in [1.54, 1.807) is 24.3 Å². The van der Waals surface area contributed by atoms with Gasteiger partial charge in [0.05, 0.1) is 11.9 Å². The largest absolute Gasteiger partial charge is 0.339 e. The molecule has 186 valence electrons. The number of carbonyl (C=O) groups excluding carboxylic acids is 3. The Morgan fingerprint density at radius 1 is 1.03 bits per heavy atom. The maximum absolute atomic E-state index is 13.2. The van der Waals surface area contributed by atoms with E-state index in [-0.39, 0.29) is 17.7 Å². The Balaban J connectivity index is 1.24. The van der Waals surface area contributed by atoms with Crippen molar-refractivity contribution in [1.29, 1.82) is 0 Å². The van der Waals surface area contributed by atoms with Crippen LogP contribution < -0.4 is 10.6 Å². The summed E-state index contributed by atoms with van der Waals surface area (Å²) in [6.45, 7) is 7.19. The van der Waals surface area contributed by atoms with E-state index in [1.165, 1.54) is 11.1 Å². The predicted molar refractivity (Wildman–Crippen MR) is 136 cm³/mol. The number of aryl methyl sites for hydroxylation is 1. The molecule has 0 aliphatic carbocycles. The molecule has 5 rings (SSSR count). The van der Waals surface area contributed by atoms with Gasteiger partial charge in [-0.25, -0.2) is 9.48 Å². The molecule has 0 saturated carbocycles. The van der Waals surface area contributed by atoms with Crippen LogP contribution >= 0.6 is 0 Å². The van der Waals surface area contributed by atoms with Gasteiger partial charge < -0.3 is 10.2 Å². The van der Waals surface area contributed by atoms with Crippen LogP contribution in [-0.4, -0.2) is 45.6 Å². The highest BCUT2D eigenvalue weighted by Gasteiger charge is 2.50. The third-order valence-corrected chi connectivity index (χ3v) is 7.50. The third kappa shape index (κ3) is 4.17. The van der Waals surface area contributed by atoms with E-state index in [9.17, 15) is 14.4 Å². The van der Waals surface area contributed by atoms with Crippen molar-refractivity contribution >= 4 is 17.8 Å². The Kier molecular flexibility index (Phi) is 6.12. The zero-order chi connectivity index (χ0) is 25.4. The van der Waals surface area contributed by atoms with Crippen molar-refractivity contribution in [2.24, 2.45) is 5.92 Å². The highest BCUT2D eigenvalue weighted by atomic mass is 16.2. The molecule has 2 aliphatic rings. The van der Waals surface area contributed by atoms with E-state index in [4.69, 9.17) is 0 Å². The maximum Gasteiger partial charge on any atom is 0.322 e. The predicted octanol–water partition coefficient (Wildman–Crippen LogP) is 3.89. The number of likely N-dealkylation sites (tertiary alicyclic amines) is 1. The van der Waals surface area contributed by atoms with Crippen LogP contribution in [0.2, 0.25) is 0 Å². The van der Waals surface area contributed by atoms with Crippen LogP contribution in [0.1, 0.15) is 59.7 Å². The van der Waals surface area contributed by atoms with E-state index >= 15 is 0 Å². The molecule has 2 aromatic carbocycles. The smallest absolute Gasteiger partial charge is 0.322 e. The quantitative estimate of drug-likeness (QED) is 0.536. The van der Waals surface area contributed by atoms with E-state index in [2.05, 4.69) is 53.1 Å². The zero-order valence-corrected chi connectivity index (χ0v) is 20.8. The second-order valence-electron chi connectivity index (χ2n) is 10.1. The van der Waals surface area contributed by atoms with E-state index < -0.39 is 11.6 Å². The fourth-order valence-electron chi connectivity index (χ4n) is 5.27. The first kappa shape index (κ1) is 23.8. The van der Waals surface area contributed by atoms with Crippen LogP contribution in [0.3, 0.4) is 0 Å². The number of nitrogens with one attached hydrogen (secondary N) is 2. The number of carbonyl (C=O) groups is 3. The SMILES string of the molecule is Cc1ccc(-n2cc(C3CCN(C(=O)c4ccc([C@@]5(C(C)C)NC(=O)NC5=O)cc4)CC3)cn2)cc1. The third-order valence-electron chi connectivity index (χ3n) is 7.50. The number of piperidine rings is 1. The minimum absolute atomic E-state index is 0.0196. The molecule has 8 nitrogen and oxygen atoms in total. The molecule has 0 spiro atoms. The molecule has 1 aromatic heterocycles. The lowest BCUT2D eigenvalue weighted by molar-refractivity contribution is -0.125. The minimum Gasteiger partial charge on any atom is -0.339 e. The van der Waals surface area contributed by atoms with Crippen molar-refractivity contribution < 1.29 is 14.4 Å². The van der Waals surface area contributed by atoms with Gasteiger partial charge in [-0.1, -0.05) is 43.7 Å². The van der Waals surface area contributed by atoms with Gasteiger partial charge in [-0.15, -0.1) is 0 Å². The van der Waals surface area contributed by atoms with Crippen LogP contribution in [0.15, 0.2) is 60.9 Å². The van der Waals surface area contributed by atoms with Crippen molar-refractivity contribution in [2.75, 3.05) is 13.1 Å². The first-order valence-corrected chi connectivity index (χ1v) is 12.4. The highest BCUT2D eigenvalue weighted by Crippen LogP contribution is 2.33. The molecule has 2 N–H and O–H groups in total. The topological polar surface area (TPSA) is 96.3 Å². The molecule has 0 bridgehead atoms. The van der Waals surface area contributed by atoms with E-state index in [1.807, 2.05) is 29.6 Å². The fourth-order valence-corrected chi connectivity index (χ4v) is 5.27. The van der Waals surface area contributed by atoms with Gasteiger partial charge in [0.25, 0.3) is 11.8 Å². The Hall–Kier alpha value is -3.94. The lowest BCUT2D eigenvalue weighted by atomic mass is 9.79. The molecular formula is C28H31N5O3. The summed E-state index contributed by atoms with van der Waals surface area (Å²) in [6.07, 6.45) is 5.79. The molecule has 2 aliphatic heterocycles. The molecule has 4 amide bonds. The second-order valence-corrected chi connectivity index (χ2v) is 10.1. The Morgan fingerprint density at radius 2 is 1.69 bits per heavy atom. The average Bonchev–Trinajstić information content (AvgIpc) is 3.49. The number of amides is 4. The van der Waals surface area contributed by atoms with Gasteiger partial charge in [-0.05, 0) is 67.0 Å². The summed E-state index contributed by atoms with van der Waals surface area (Å²) in [5.74, 6) is -0.172. The molecule has 3 heterocycles. The molecule has 2 saturated heterocycles. The number of hydrogen-bond acceptors (Lipinski definition) is 4. The number of urea groups is 1. The lowest BCUT2D eigenvalue weighted by Gasteiger charge is -2.32. The van der Waals surface area contributed by atoms with Crippen molar-refractivity contribution in [2.45, 2.75) is 45.1 Å². The summed E-state index contributed by atoms with van der Waals surface area (Å²) < 4.78 is 1.91. The molecular weight excluding hydrogens is 454 g/mol.